The highest BCUT2D eigenvalue weighted by atomic mass is 16.5. The lowest BCUT2D eigenvalue weighted by Gasteiger charge is -2.27. The molecule has 0 saturated heterocycles. The number of ether oxygens (including phenoxy) is 2. The zero-order valence-electron chi connectivity index (χ0n) is 20.1. The number of fused-ring (bicyclic) bond motifs is 1. The highest BCUT2D eigenvalue weighted by Crippen LogP contribution is 2.46. The molecular formula is C28H27N3O4. The number of phenols is 1. The summed E-state index contributed by atoms with van der Waals surface area (Å²) in [5.41, 5.74) is 5.99. The number of aromatic nitrogens is 2. The van der Waals surface area contributed by atoms with Crippen LogP contribution in [-0.4, -0.2) is 40.3 Å². The number of hydrogen-bond acceptors (Lipinski definition) is 5. The number of phenolic OH excluding ortho intramolecular Hbond substituents is 1. The SMILES string of the molecule is COc1ccc(CN2C(=O)c3[nH]nc(-c4cc(C)cc(C)c4O)c3C2c2cccc(OC)c2)cc1. The maximum Gasteiger partial charge on any atom is 0.273 e. The molecule has 178 valence electrons. The van der Waals surface area contributed by atoms with Gasteiger partial charge in [-0.05, 0) is 66.4 Å². The Bertz CT molecular complexity index is 1410. The largest absolute Gasteiger partial charge is 0.507 e. The summed E-state index contributed by atoms with van der Waals surface area (Å²) < 4.78 is 10.8. The van der Waals surface area contributed by atoms with Crippen molar-refractivity contribution in [3.05, 3.63) is 94.2 Å². The van der Waals surface area contributed by atoms with Gasteiger partial charge in [-0.25, -0.2) is 0 Å². The summed E-state index contributed by atoms with van der Waals surface area (Å²) in [6, 6.07) is 18.8. The van der Waals surface area contributed by atoms with E-state index in [4.69, 9.17) is 9.47 Å². The van der Waals surface area contributed by atoms with Gasteiger partial charge in [0.1, 0.15) is 28.6 Å². The lowest BCUT2D eigenvalue weighted by Crippen LogP contribution is -2.29. The number of benzene rings is 3. The second kappa shape index (κ2) is 8.83. The minimum absolute atomic E-state index is 0.147. The van der Waals surface area contributed by atoms with Gasteiger partial charge < -0.3 is 19.5 Å². The minimum atomic E-state index is -0.413. The Kier molecular flexibility index (Phi) is 5.68. The Balaban J connectivity index is 1.66. The molecular weight excluding hydrogens is 442 g/mol. The average Bonchev–Trinajstić information content (AvgIpc) is 3.41. The van der Waals surface area contributed by atoms with Crippen molar-refractivity contribution in [3.8, 4) is 28.5 Å². The van der Waals surface area contributed by atoms with E-state index in [2.05, 4.69) is 10.2 Å². The normalized spacial score (nSPS) is 14.8. The van der Waals surface area contributed by atoms with Crippen LogP contribution in [-0.2, 0) is 6.54 Å². The van der Waals surface area contributed by atoms with Crippen LogP contribution in [0.15, 0.2) is 60.7 Å². The van der Waals surface area contributed by atoms with E-state index >= 15 is 0 Å². The zero-order chi connectivity index (χ0) is 24.7. The van der Waals surface area contributed by atoms with Gasteiger partial charge in [0.25, 0.3) is 5.91 Å². The highest BCUT2D eigenvalue weighted by Gasteiger charge is 2.42. The molecule has 0 fully saturated rings. The number of carbonyl (C=O) groups excluding carboxylic acids is 1. The molecule has 1 amide bonds. The molecule has 1 unspecified atom stereocenters. The molecule has 2 N–H and O–H groups in total. The molecule has 0 radical (unpaired) electrons. The highest BCUT2D eigenvalue weighted by molar-refractivity contribution is 6.00. The van der Waals surface area contributed by atoms with Crippen molar-refractivity contribution in [2.45, 2.75) is 26.4 Å². The van der Waals surface area contributed by atoms with Crippen LogP contribution in [0, 0.1) is 13.8 Å². The second-order valence-electron chi connectivity index (χ2n) is 8.80. The van der Waals surface area contributed by atoms with E-state index in [-0.39, 0.29) is 11.7 Å². The third-order valence-corrected chi connectivity index (χ3v) is 6.49. The quantitative estimate of drug-likeness (QED) is 0.407. The molecule has 0 aliphatic carbocycles. The van der Waals surface area contributed by atoms with E-state index < -0.39 is 6.04 Å². The standard InChI is InChI=1S/C28H27N3O4/c1-16-12-17(2)27(32)22(13-16)24-23-25(30-29-24)28(33)31(15-18-8-10-20(34-3)11-9-18)26(23)19-6-5-7-21(14-19)35-4/h5-14,26,32H,15H2,1-4H3,(H,29,30). The third-order valence-electron chi connectivity index (χ3n) is 6.49. The maximum atomic E-state index is 13.7. The van der Waals surface area contributed by atoms with Crippen LogP contribution >= 0.6 is 0 Å². The van der Waals surface area contributed by atoms with Crippen molar-refractivity contribution in [2.75, 3.05) is 14.2 Å². The number of rotatable bonds is 6. The van der Waals surface area contributed by atoms with Crippen molar-refractivity contribution >= 4 is 5.91 Å². The van der Waals surface area contributed by atoms with Gasteiger partial charge in [0.05, 0.1) is 20.3 Å². The molecule has 1 aliphatic heterocycles. The summed E-state index contributed by atoms with van der Waals surface area (Å²) in [5, 5.41) is 18.4. The Morgan fingerprint density at radius 3 is 2.46 bits per heavy atom. The van der Waals surface area contributed by atoms with Gasteiger partial charge in [-0.15, -0.1) is 0 Å². The molecule has 0 bridgehead atoms. The van der Waals surface area contributed by atoms with Crippen LogP contribution in [0.25, 0.3) is 11.3 Å². The van der Waals surface area contributed by atoms with E-state index in [1.807, 2.05) is 79.4 Å². The lowest BCUT2D eigenvalue weighted by atomic mass is 9.94. The van der Waals surface area contributed by atoms with Gasteiger partial charge in [0, 0.05) is 17.7 Å². The summed E-state index contributed by atoms with van der Waals surface area (Å²) in [6.45, 7) is 4.23. The first-order valence-electron chi connectivity index (χ1n) is 11.4. The first-order valence-corrected chi connectivity index (χ1v) is 11.4. The van der Waals surface area contributed by atoms with Crippen LogP contribution in [0.4, 0.5) is 0 Å². The molecule has 0 spiro atoms. The Labute approximate surface area is 203 Å². The maximum absolute atomic E-state index is 13.7. The summed E-state index contributed by atoms with van der Waals surface area (Å²) >= 11 is 0. The van der Waals surface area contributed by atoms with Gasteiger partial charge in [0.15, 0.2) is 0 Å². The van der Waals surface area contributed by atoms with Gasteiger partial charge in [-0.3, -0.25) is 9.89 Å². The predicted molar refractivity (Wildman–Crippen MR) is 133 cm³/mol. The van der Waals surface area contributed by atoms with E-state index in [1.165, 1.54) is 0 Å². The van der Waals surface area contributed by atoms with Gasteiger partial charge in [-0.2, -0.15) is 5.10 Å². The number of carbonyl (C=O) groups is 1. The number of amides is 1. The van der Waals surface area contributed by atoms with Crippen molar-refractivity contribution in [3.63, 3.8) is 0 Å². The molecule has 4 aromatic rings. The van der Waals surface area contributed by atoms with E-state index in [0.29, 0.717) is 29.2 Å². The summed E-state index contributed by atoms with van der Waals surface area (Å²) in [4.78, 5) is 15.5. The van der Waals surface area contributed by atoms with Crippen LogP contribution in [0.2, 0.25) is 0 Å². The Morgan fingerprint density at radius 1 is 1.00 bits per heavy atom. The molecule has 7 heteroatoms. The molecule has 0 saturated carbocycles. The fraction of sp³-hybridized carbons (Fsp3) is 0.214. The van der Waals surface area contributed by atoms with Crippen LogP contribution in [0.5, 0.6) is 17.2 Å². The number of hydrogen-bond donors (Lipinski definition) is 2. The van der Waals surface area contributed by atoms with Crippen molar-refractivity contribution in [1.29, 1.82) is 0 Å². The fourth-order valence-corrected chi connectivity index (χ4v) is 4.79. The average molecular weight is 470 g/mol. The second-order valence-corrected chi connectivity index (χ2v) is 8.80. The smallest absolute Gasteiger partial charge is 0.273 e. The molecule has 35 heavy (non-hydrogen) atoms. The Hall–Kier alpha value is -4.26. The van der Waals surface area contributed by atoms with Crippen LogP contribution in [0.1, 0.15) is 44.3 Å². The zero-order valence-corrected chi connectivity index (χ0v) is 20.1. The molecule has 1 aromatic heterocycles. The van der Waals surface area contributed by atoms with Gasteiger partial charge in [-0.1, -0.05) is 30.3 Å². The number of aromatic amines is 1. The van der Waals surface area contributed by atoms with E-state index in [1.54, 1.807) is 14.2 Å². The summed E-state index contributed by atoms with van der Waals surface area (Å²) in [5.74, 6) is 1.47. The first kappa shape index (κ1) is 22.5. The van der Waals surface area contributed by atoms with Gasteiger partial charge >= 0.3 is 0 Å². The molecule has 2 heterocycles. The summed E-state index contributed by atoms with van der Waals surface area (Å²) in [6.07, 6.45) is 0. The molecule has 7 nitrogen and oxygen atoms in total. The molecule has 5 rings (SSSR count). The molecule has 1 aliphatic rings. The number of aryl methyl sites for hydroxylation is 2. The monoisotopic (exact) mass is 469 g/mol. The predicted octanol–water partition coefficient (Wildman–Crippen LogP) is 5.16. The fourth-order valence-electron chi connectivity index (χ4n) is 4.79. The minimum Gasteiger partial charge on any atom is -0.507 e. The summed E-state index contributed by atoms with van der Waals surface area (Å²) in [7, 11) is 3.25. The first-order chi connectivity index (χ1) is 16.9. The van der Waals surface area contributed by atoms with E-state index in [0.717, 1.165) is 33.6 Å². The Morgan fingerprint density at radius 2 is 1.74 bits per heavy atom. The number of H-pyrrole nitrogens is 1. The van der Waals surface area contributed by atoms with E-state index in [9.17, 15) is 9.90 Å². The topological polar surface area (TPSA) is 87.7 Å². The number of aromatic hydroxyl groups is 1. The molecule has 1 atom stereocenters. The van der Waals surface area contributed by atoms with Crippen LogP contribution < -0.4 is 9.47 Å². The van der Waals surface area contributed by atoms with Gasteiger partial charge in [0.2, 0.25) is 0 Å². The van der Waals surface area contributed by atoms with Crippen molar-refractivity contribution < 1.29 is 19.4 Å². The number of methoxy groups -OCH3 is 2. The number of nitrogens with one attached hydrogen (secondary N) is 1. The van der Waals surface area contributed by atoms with Crippen molar-refractivity contribution in [1.82, 2.24) is 15.1 Å². The van der Waals surface area contributed by atoms with Crippen LogP contribution in [0.3, 0.4) is 0 Å². The van der Waals surface area contributed by atoms with Crippen molar-refractivity contribution in [2.24, 2.45) is 0 Å². The number of nitrogens with zero attached hydrogens (tertiary/aromatic N) is 2. The lowest BCUT2D eigenvalue weighted by molar-refractivity contribution is 0.0730. The third kappa shape index (κ3) is 3.89. The molecule has 3 aromatic carbocycles.